The van der Waals surface area contributed by atoms with Crippen LogP contribution in [0.4, 0.5) is 0 Å². The van der Waals surface area contributed by atoms with E-state index in [4.69, 9.17) is 23.8 Å². The molecule has 0 aliphatic rings. The van der Waals surface area contributed by atoms with Gasteiger partial charge in [0.05, 0.1) is 16.4 Å². The lowest BCUT2D eigenvalue weighted by Crippen LogP contribution is -2.00. The molecular formula is C45H26N4O2. The molecule has 6 heteroatoms. The van der Waals surface area contributed by atoms with E-state index in [0.717, 1.165) is 88.1 Å². The van der Waals surface area contributed by atoms with Crippen LogP contribution >= 0.6 is 0 Å². The highest BCUT2D eigenvalue weighted by Gasteiger charge is 2.20. The Balaban J connectivity index is 1.10. The van der Waals surface area contributed by atoms with Gasteiger partial charge < -0.3 is 13.4 Å². The molecule has 0 saturated heterocycles. The van der Waals surface area contributed by atoms with Crippen LogP contribution in [0.5, 0.6) is 0 Å². The molecule has 0 amide bonds. The topological polar surface area (TPSA) is 69.9 Å². The minimum absolute atomic E-state index is 0.566. The van der Waals surface area contributed by atoms with Gasteiger partial charge in [-0.15, -0.1) is 0 Å². The highest BCUT2D eigenvalue weighted by atomic mass is 16.3. The number of nitrogens with zero attached hydrogens (tertiary/aromatic N) is 4. The molecule has 0 N–H and O–H groups in total. The first-order valence-electron chi connectivity index (χ1n) is 16.9. The second-order valence-electron chi connectivity index (χ2n) is 12.8. The normalized spacial score (nSPS) is 11.9. The molecule has 51 heavy (non-hydrogen) atoms. The Hall–Kier alpha value is -7.05. The van der Waals surface area contributed by atoms with E-state index in [1.54, 1.807) is 0 Å². The Morgan fingerprint density at radius 1 is 0.373 bits per heavy atom. The number of hydrogen-bond acceptors (Lipinski definition) is 5. The van der Waals surface area contributed by atoms with E-state index in [1.807, 2.05) is 66.7 Å². The molecule has 0 bridgehead atoms. The first-order chi connectivity index (χ1) is 25.3. The van der Waals surface area contributed by atoms with Crippen molar-refractivity contribution < 1.29 is 8.83 Å². The van der Waals surface area contributed by atoms with Gasteiger partial charge in [0.25, 0.3) is 0 Å². The lowest BCUT2D eigenvalue weighted by molar-refractivity contribution is 0.669. The van der Waals surface area contributed by atoms with E-state index in [9.17, 15) is 0 Å². The van der Waals surface area contributed by atoms with Crippen molar-refractivity contribution in [3.8, 4) is 39.9 Å². The third kappa shape index (κ3) is 4.26. The van der Waals surface area contributed by atoms with Crippen LogP contribution in [0, 0.1) is 0 Å². The van der Waals surface area contributed by atoms with Gasteiger partial charge in [-0.05, 0) is 60.7 Å². The van der Waals surface area contributed by atoms with Crippen LogP contribution in [0.2, 0.25) is 0 Å². The van der Waals surface area contributed by atoms with Crippen molar-refractivity contribution in [3.05, 3.63) is 158 Å². The van der Waals surface area contributed by atoms with Crippen molar-refractivity contribution in [1.29, 1.82) is 0 Å². The fourth-order valence-electron chi connectivity index (χ4n) is 7.50. The van der Waals surface area contributed by atoms with Gasteiger partial charge in [-0.2, -0.15) is 0 Å². The second-order valence-corrected chi connectivity index (χ2v) is 12.8. The standard InChI is InChI=1S/C45H26N4O2/c1-3-11-27(12-4-1)43-46-44(28-19-21-32-31-15-8-10-18-38(31)50-39(32)25-28)48-45(47-43)29-20-22-33-34-23-24-37-41(42(34)51-40(33)26-29)35-16-7-9-17-36(35)49(37)30-13-5-2-6-14-30/h1-26H. The summed E-state index contributed by atoms with van der Waals surface area (Å²) in [5, 5.41) is 6.50. The minimum Gasteiger partial charge on any atom is -0.456 e. The smallest absolute Gasteiger partial charge is 0.164 e. The Morgan fingerprint density at radius 3 is 1.67 bits per heavy atom. The van der Waals surface area contributed by atoms with Crippen molar-refractivity contribution in [3.63, 3.8) is 0 Å². The van der Waals surface area contributed by atoms with Crippen molar-refractivity contribution in [2.24, 2.45) is 0 Å². The Labute approximate surface area is 290 Å². The van der Waals surface area contributed by atoms with E-state index in [0.29, 0.717) is 17.5 Å². The van der Waals surface area contributed by atoms with Gasteiger partial charge in [0.15, 0.2) is 17.5 Å². The van der Waals surface area contributed by atoms with Gasteiger partial charge in [-0.1, -0.05) is 97.1 Å². The molecule has 0 aliphatic carbocycles. The fourth-order valence-corrected chi connectivity index (χ4v) is 7.50. The monoisotopic (exact) mass is 654 g/mol. The van der Waals surface area contributed by atoms with Crippen LogP contribution in [0.25, 0.3) is 106 Å². The second kappa shape index (κ2) is 10.7. The highest BCUT2D eigenvalue weighted by Crippen LogP contribution is 2.41. The van der Waals surface area contributed by atoms with Crippen LogP contribution in [0.1, 0.15) is 0 Å². The Morgan fingerprint density at radius 2 is 0.922 bits per heavy atom. The van der Waals surface area contributed by atoms with E-state index in [2.05, 4.69) is 95.6 Å². The maximum atomic E-state index is 6.80. The van der Waals surface area contributed by atoms with Crippen molar-refractivity contribution in [2.75, 3.05) is 0 Å². The molecule has 7 aromatic carbocycles. The molecule has 6 nitrogen and oxygen atoms in total. The molecule has 238 valence electrons. The molecule has 0 fully saturated rings. The summed E-state index contributed by atoms with van der Waals surface area (Å²) in [6.07, 6.45) is 0. The van der Waals surface area contributed by atoms with Crippen LogP contribution in [0.15, 0.2) is 167 Å². The average Bonchev–Trinajstić information content (AvgIpc) is 3.87. The number of para-hydroxylation sites is 3. The van der Waals surface area contributed by atoms with Crippen molar-refractivity contribution in [2.45, 2.75) is 0 Å². The van der Waals surface area contributed by atoms with Crippen LogP contribution in [-0.4, -0.2) is 19.5 Å². The van der Waals surface area contributed by atoms with E-state index < -0.39 is 0 Å². The van der Waals surface area contributed by atoms with E-state index in [-0.39, 0.29) is 0 Å². The Bertz CT molecular complexity index is 3140. The SMILES string of the molecule is c1ccc(-c2nc(-c3ccc4c(c3)oc3ccccc34)nc(-c3ccc4c(c3)oc3c4ccc4c3c3ccccc3n4-c3ccccc3)n2)cc1. The van der Waals surface area contributed by atoms with Crippen LogP contribution in [-0.2, 0) is 0 Å². The lowest BCUT2D eigenvalue weighted by Gasteiger charge is -2.08. The summed E-state index contributed by atoms with van der Waals surface area (Å²) >= 11 is 0. The molecular weight excluding hydrogens is 629 g/mol. The number of rotatable bonds is 4. The average molecular weight is 655 g/mol. The number of furan rings is 2. The summed E-state index contributed by atoms with van der Waals surface area (Å²) in [4.78, 5) is 15.0. The predicted molar refractivity (Wildman–Crippen MR) is 205 cm³/mol. The predicted octanol–water partition coefficient (Wildman–Crippen LogP) is 11.8. The van der Waals surface area contributed by atoms with E-state index >= 15 is 0 Å². The number of fused-ring (bicyclic) bond motifs is 10. The number of hydrogen-bond donors (Lipinski definition) is 0. The van der Waals surface area contributed by atoms with Crippen LogP contribution < -0.4 is 0 Å². The van der Waals surface area contributed by atoms with Crippen molar-refractivity contribution >= 4 is 65.7 Å². The summed E-state index contributed by atoms with van der Waals surface area (Å²) in [6.45, 7) is 0. The third-order valence-electron chi connectivity index (χ3n) is 9.85. The first-order valence-corrected chi connectivity index (χ1v) is 16.9. The highest BCUT2D eigenvalue weighted by molar-refractivity contribution is 6.24. The molecule has 11 rings (SSSR count). The molecule has 4 aromatic heterocycles. The molecule has 0 spiro atoms. The number of aromatic nitrogens is 4. The van der Waals surface area contributed by atoms with Gasteiger partial charge in [-0.25, -0.2) is 15.0 Å². The first kappa shape index (κ1) is 27.9. The third-order valence-corrected chi connectivity index (χ3v) is 9.85. The molecule has 0 saturated carbocycles. The zero-order valence-electron chi connectivity index (χ0n) is 27.1. The molecule has 0 atom stereocenters. The molecule has 0 aliphatic heterocycles. The summed E-state index contributed by atoms with van der Waals surface area (Å²) in [7, 11) is 0. The molecule has 0 unspecified atom stereocenters. The summed E-state index contributed by atoms with van der Waals surface area (Å²) in [5.74, 6) is 1.73. The minimum atomic E-state index is 0.566. The number of benzene rings is 7. The largest absolute Gasteiger partial charge is 0.456 e. The summed E-state index contributed by atoms with van der Waals surface area (Å²) in [6, 6.07) is 53.9. The maximum Gasteiger partial charge on any atom is 0.164 e. The molecule has 0 radical (unpaired) electrons. The van der Waals surface area contributed by atoms with Gasteiger partial charge in [0.1, 0.15) is 22.3 Å². The zero-order valence-corrected chi connectivity index (χ0v) is 27.1. The lowest BCUT2D eigenvalue weighted by atomic mass is 10.1. The van der Waals surface area contributed by atoms with Gasteiger partial charge in [-0.3, -0.25) is 0 Å². The van der Waals surface area contributed by atoms with Crippen LogP contribution in [0.3, 0.4) is 0 Å². The summed E-state index contributed by atoms with van der Waals surface area (Å²) in [5.41, 5.74) is 9.25. The molecule has 4 heterocycles. The summed E-state index contributed by atoms with van der Waals surface area (Å²) < 4.78 is 15.3. The van der Waals surface area contributed by atoms with Crippen molar-refractivity contribution in [1.82, 2.24) is 19.5 Å². The fraction of sp³-hybridized carbons (Fsp3) is 0. The Kier molecular flexibility index (Phi) is 5.86. The quantitative estimate of drug-likeness (QED) is 0.189. The van der Waals surface area contributed by atoms with Gasteiger partial charge in [0, 0.05) is 49.3 Å². The molecule has 11 aromatic rings. The van der Waals surface area contributed by atoms with Gasteiger partial charge >= 0.3 is 0 Å². The van der Waals surface area contributed by atoms with E-state index in [1.165, 1.54) is 0 Å². The zero-order chi connectivity index (χ0) is 33.5. The van der Waals surface area contributed by atoms with Gasteiger partial charge in [0.2, 0.25) is 0 Å². The maximum absolute atomic E-state index is 6.80.